The van der Waals surface area contributed by atoms with E-state index < -0.39 is 0 Å². The molecule has 2 aromatic rings. The summed E-state index contributed by atoms with van der Waals surface area (Å²) in [5.41, 5.74) is 5.61. The summed E-state index contributed by atoms with van der Waals surface area (Å²) < 4.78 is 10.8. The summed E-state index contributed by atoms with van der Waals surface area (Å²) in [6, 6.07) is 3.45. The third kappa shape index (κ3) is 1.92. The minimum absolute atomic E-state index is 0.258. The molecule has 80 valence electrons. The maximum atomic E-state index is 5.61. The summed E-state index contributed by atoms with van der Waals surface area (Å²) in [4.78, 5) is 0. The van der Waals surface area contributed by atoms with Gasteiger partial charge in [-0.2, -0.15) is 0 Å². The maximum Gasteiger partial charge on any atom is 0.283 e. The van der Waals surface area contributed by atoms with Gasteiger partial charge in [-0.3, -0.25) is 0 Å². The Morgan fingerprint density at radius 2 is 2.13 bits per heavy atom. The molecule has 2 heterocycles. The van der Waals surface area contributed by atoms with E-state index in [1.807, 2.05) is 19.1 Å². The van der Waals surface area contributed by atoms with Crippen LogP contribution in [0, 0.1) is 0 Å². The molecule has 0 amide bonds. The second-order valence-corrected chi connectivity index (χ2v) is 3.35. The van der Waals surface area contributed by atoms with Crippen molar-refractivity contribution in [1.29, 1.82) is 0 Å². The van der Waals surface area contributed by atoms with Crippen LogP contribution in [-0.2, 0) is 6.42 Å². The molecule has 2 rings (SSSR count). The van der Waals surface area contributed by atoms with Crippen LogP contribution in [0.15, 0.2) is 21.0 Å². The normalized spacial score (nSPS) is 13.0. The van der Waals surface area contributed by atoms with Crippen LogP contribution in [0.1, 0.15) is 31.5 Å². The van der Waals surface area contributed by atoms with Gasteiger partial charge < -0.3 is 14.6 Å². The van der Waals surface area contributed by atoms with E-state index in [1.54, 1.807) is 6.92 Å². The lowest BCUT2D eigenvalue weighted by Gasteiger charge is -1.94. The molecule has 5 nitrogen and oxygen atoms in total. The maximum absolute atomic E-state index is 5.61. The summed E-state index contributed by atoms with van der Waals surface area (Å²) in [6.45, 7) is 3.81. The van der Waals surface area contributed by atoms with Gasteiger partial charge in [0.05, 0.1) is 6.04 Å². The fourth-order valence-electron chi connectivity index (χ4n) is 1.20. The van der Waals surface area contributed by atoms with Crippen molar-refractivity contribution in [3.63, 3.8) is 0 Å². The fraction of sp³-hybridized carbons (Fsp3) is 0.400. The van der Waals surface area contributed by atoms with Gasteiger partial charge in [-0.15, -0.1) is 10.2 Å². The molecular formula is C10H13N3O2. The predicted molar refractivity (Wildman–Crippen MR) is 54.0 cm³/mol. The molecule has 2 aromatic heterocycles. The first-order valence-electron chi connectivity index (χ1n) is 4.88. The minimum atomic E-state index is -0.258. The Balaban J connectivity index is 2.28. The van der Waals surface area contributed by atoms with Crippen molar-refractivity contribution in [2.24, 2.45) is 5.73 Å². The molecule has 0 saturated carbocycles. The van der Waals surface area contributed by atoms with Crippen LogP contribution in [-0.4, -0.2) is 10.2 Å². The standard InChI is InChI=1S/C10H13N3O2/c1-3-7-4-5-8(14-7)10-13-12-9(15-10)6(2)11/h4-6H,3,11H2,1-2H3. The largest absolute Gasteiger partial charge is 0.456 e. The predicted octanol–water partition coefficient (Wildman–Crippen LogP) is 1.91. The zero-order valence-corrected chi connectivity index (χ0v) is 8.73. The van der Waals surface area contributed by atoms with Gasteiger partial charge in [0.25, 0.3) is 5.89 Å². The Morgan fingerprint density at radius 1 is 1.33 bits per heavy atom. The highest BCUT2D eigenvalue weighted by Crippen LogP contribution is 2.22. The zero-order valence-electron chi connectivity index (χ0n) is 8.73. The number of aromatic nitrogens is 2. The average molecular weight is 207 g/mol. The third-order valence-electron chi connectivity index (χ3n) is 2.05. The van der Waals surface area contributed by atoms with Crippen molar-refractivity contribution in [1.82, 2.24) is 10.2 Å². The fourth-order valence-corrected chi connectivity index (χ4v) is 1.20. The molecule has 0 bridgehead atoms. The van der Waals surface area contributed by atoms with Gasteiger partial charge in [0, 0.05) is 6.42 Å². The zero-order chi connectivity index (χ0) is 10.8. The van der Waals surface area contributed by atoms with Crippen LogP contribution >= 0.6 is 0 Å². The second kappa shape index (κ2) is 3.86. The molecule has 5 heteroatoms. The highest BCUT2D eigenvalue weighted by molar-refractivity contribution is 5.43. The van der Waals surface area contributed by atoms with Crippen molar-refractivity contribution < 1.29 is 8.83 Å². The first kappa shape index (κ1) is 9.92. The molecular weight excluding hydrogens is 194 g/mol. The van der Waals surface area contributed by atoms with Gasteiger partial charge in [0.2, 0.25) is 5.89 Å². The van der Waals surface area contributed by atoms with Crippen molar-refractivity contribution in [2.75, 3.05) is 0 Å². The summed E-state index contributed by atoms with van der Waals surface area (Å²) in [7, 11) is 0. The molecule has 15 heavy (non-hydrogen) atoms. The van der Waals surface area contributed by atoms with Gasteiger partial charge in [-0.05, 0) is 19.1 Å². The molecule has 0 spiro atoms. The number of rotatable bonds is 3. The molecule has 0 radical (unpaired) electrons. The molecule has 0 aliphatic heterocycles. The van der Waals surface area contributed by atoms with Crippen molar-refractivity contribution in [3.05, 3.63) is 23.8 Å². The van der Waals surface area contributed by atoms with Gasteiger partial charge in [0.1, 0.15) is 5.76 Å². The molecule has 0 saturated heterocycles. The Kier molecular flexibility index (Phi) is 2.55. The number of aryl methyl sites for hydroxylation is 1. The van der Waals surface area contributed by atoms with Crippen LogP contribution in [0.5, 0.6) is 0 Å². The average Bonchev–Trinajstić information content (AvgIpc) is 2.86. The van der Waals surface area contributed by atoms with Gasteiger partial charge in [-0.1, -0.05) is 6.92 Å². The van der Waals surface area contributed by atoms with E-state index in [-0.39, 0.29) is 6.04 Å². The first-order chi connectivity index (χ1) is 7.20. The van der Waals surface area contributed by atoms with E-state index in [0.29, 0.717) is 17.5 Å². The highest BCUT2D eigenvalue weighted by atomic mass is 16.4. The second-order valence-electron chi connectivity index (χ2n) is 3.35. The number of furan rings is 1. The molecule has 0 aliphatic rings. The highest BCUT2D eigenvalue weighted by Gasteiger charge is 2.14. The van der Waals surface area contributed by atoms with E-state index in [9.17, 15) is 0 Å². The minimum Gasteiger partial charge on any atom is -0.456 e. The van der Waals surface area contributed by atoms with E-state index in [4.69, 9.17) is 14.6 Å². The summed E-state index contributed by atoms with van der Waals surface area (Å²) in [5, 5.41) is 7.69. The SMILES string of the molecule is CCc1ccc(-c2nnc(C(C)N)o2)o1. The summed E-state index contributed by atoms with van der Waals surface area (Å²) in [6.07, 6.45) is 0.842. The van der Waals surface area contributed by atoms with E-state index in [1.165, 1.54) is 0 Å². The lowest BCUT2D eigenvalue weighted by Crippen LogP contribution is -2.04. The van der Waals surface area contributed by atoms with Crippen molar-refractivity contribution >= 4 is 0 Å². The van der Waals surface area contributed by atoms with Crippen LogP contribution in [0.4, 0.5) is 0 Å². The third-order valence-corrected chi connectivity index (χ3v) is 2.05. The van der Waals surface area contributed by atoms with Gasteiger partial charge in [-0.25, -0.2) is 0 Å². The monoisotopic (exact) mass is 207 g/mol. The topological polar surface area (TPSA) is 78.1 Å². The van der Waals surface area contributed by atoms with Crippen LogP contribution in [0.2, 0.25) is 0 Å². The smallest absolute Gasteiger partial charge is 0.283 e. The van der Waals surface area contributed by atoms with Crippen LogP contribution in [0.3, 0.4) is 0 Å². The Morgan fingerprint density at radius 3 is 2.67 bits per heavy atom. The number of nitrogens with two attached hydrogens (primary N) is 1. The van der Waals surface area contributed by atoms with E-state index in [0.717, 1.165) is 12.2 Å². The van der Waals surface area contributed by atoms with E-state index in [2.05, 4.69) is 10.2 Å². The summed E-state index contributed by atoms with van der Waals surface area (Å²) >= 11 is 0. The lowest BCUT2D eigenvalue weighted by atomic mass is 10.3. The summed E-state index contributed by atoms with van der Waals surface area (Å²) in [5.74, 6) is 2.28. The van der Waals surface area contributed by atoms with E-state index >= 15 is 0 Å². The molecule has 2 N–H and O–H groups in total. The number of hydrogen-bond acceptors (Lipinski definition) is 5. The quantitative estimate of drug-likeness (QED) is 0.831. The number of hydrogen-bond donors (Lipinski definition) is 1. The Hall–Kier alpha value is -1.62. The first-order valence-corrected chi connectivity index (χ1v) is 4.88. The van der Waals surface area contributed by atoms with Crippen LogP contribution in [0.25, 0.3) is 11.7 Å². The van der Waals surface area contributed by atoms with Gasteiger partial charge >= 0.3 is 0 Å². The Labute approximate surface area is 87.3 Å². The molecule has 1 unspecified atom stereocenters. The molecule has 0 aliphatic carbocycles. The van der Waals surface area contributed by atoms with Crippen LogP contribution < -0.4 is 5.73 Å². The van der Waals surface area contributed by atoms with Crippen molar-refractivity contribution in [2.45, 2.75) is 26.3 Å². The number of nitrogens with zero attached hydrogens (tertiary/aromatic N) is 2. The molecule has 1 atom stereocenters. The molecule has 0 fully saturated rings. The molecule has 0 aromatic carbocycles. The Bertz CT molecular complexity index is 445. The van der Waals surface area contributed by atoms with Crippen molar-refractivity contribution in [3.8, 4) is 11.7 Å². The van der Waals surface area contributed by atoms with Gasteiger partial charge in [0.15, 0.2) is 5.76 Å². The lowest BCUT2D eigenvalue weighted by molar-refractivity contribution is 0.449.